The van der Waals surface area contributed by atoms with Gasteiger partial charge in [-0.2, -0.15) is 0 Å². The summed E-state index contributed by atoms with van der Waals surface area (Å²) in [6, 6.07) is 0. The smallest absolute Gasteiger partial charge is 0.303 e. The standard InChI is InChI=1S/C13H20N2O3S/c1-2-15(8-11-4-3-7-18-11)13-14-10(9-19-13)5-6-12(16)17/h9,11H,2-8H2,1H3,(H,16,17). The number of carbonyl (C=O) groups is 1. The van der Waals surface area contributed by atoms with Crippen molar-refractivity contribution < 1.29 is 14.6 Å². The summed E-state index contributed by atoms with van der Waals surface area (Å²) in [6.45, 7) is 4.74. The number of aromatic nitrogens is 1. The predicted molar refractivity (Wildman–Crippen MR) is 74.9 cm³/mol. The lowest BCUT2D eigenvalue weighted by atomic mass is 10.2. The van der Waals surface area contributed by atoms with Gasteiger partial charge in [-0.3, -0.25) is 4.79 Å². The molecule has 0 aromatic carbocycles. The highest BCUT2D eigenvalue weighted by molar-refractivity contribution is 7.13. The fourth-order valence-corrected chi connectivity index (χ4v) is 3.10. The van der Waals surface area contributed by atoms with Crippen molar-refractivity contribution in [3.63, 3.8) is 0 Å². The van der Waals surface area contributed by atoms with Crippen LogP contribution in [0.5, 0.6) is 0 Å². The van der Waals surface area contributed by atoms with Crippen molar-refractivity contribution in [2.24, 2.45) is 0 Å². The van der Waals surface area contributed by atoms with Gasteiger partial charge in [-0.15, -0.1) is 11.3 Å². The van der Waals surface area contributed by atoms with Crippen LogP contribution in [0.25, 0.3) is 0 Å². The lowest BCUT2D eigenvalue weighted by molar-refractivity contribution is -0.136. The van der Waals surface area contributed by atoms with Gasteiger partial charge in [0.05, 0.1) is 18.2 Å². The summed E-state index contributed by atoms with van der Waals surface area (Å²) >= 11 is 1.58. The molecule has 1 aromatic heterocycles. The minimum atomic E-state index is -0.777. The van der Waals surface area contributed by atoms with Crippen LogP contribution in [0.4, 0.5) is 5.13 Å². The van der Waals surface area contributed by atoms with Crippen molar-refractivity contribution >= 4 is 22.4 Å². The Labute approximate surface area is 117 Å². The van der Waals surface area contributed by atoms with E-state index < -0.39 is 5.97 Å². The predicted octanol–water partition coefficient (Wildman–Crippen LogP) is 2.17. The summed E-state index contributed by atoms with van der Waals surface area (Å²) in [5, 5.41) is 11.6. The number of hydrogen-bond acceptors (Lipinski definition) is 5. The third kappa shape index (κ3) is 4.18. The zero-order chi connectivity index (χ0) is 13.7. The van der Waals surface area contributed by atoms with Crippen LogP contribution >= 0.6 is 11.3 Å². The van der Waals surface area contributed by atoms with E-state index in [2.05, 4.69) is 16.8 Å². The SMILES string of the molecule is CCN(CC1CCCO1)c1nc(CCC(=O)O)cs1. The van der Waals surface area contributed by atoms with Crippen LogP contribution in [0.3, 0.4) is 0 Å². The van der Waals surface area contributed by atoms with E-state index in [0.29, 0.717) is 12.5 Å². The van der Waals surface area contributed by atoms with Gasteiger partial charge in [0.2, 0.25) is 0 Å². The van der Waals surface area contributed by atoms with Gasteiger partial charge in [-0.1, -0.05) is 0 Å². The van der Waals surface area contributed by atoms with Crippen molar-refractivity contribution in [1.29, 1.82) is 0 Å². The molecule has 5 nitrogen and oxygen atoms in total. The summed E-state index contributed by atoms with van der Waals surface area (Å²) < 4.78 is 5.65. The zero-order valence-electron chi connectivity index (χ0n) is 11.2. The maximum Gasteiger partial charge on any atom is 0.303 e. The second kappa shape index (κ2) is 6.86. The molecule has 2 rings (SSSR count). The first-order chi connectivity index (χ1) is 9.19. The third-order valence-electron chi connectivity index (χ3n) is 3.23. The highest BCUT2D eigenvalue weighted by Gasteiger charge is 2.20. The first kappa shape index (κ1) is 14.3. The largest absolute Gasteiger partial charge is 0.481 e. The number of anilines is 1. The number of rotatable bonds is 7. The highest BCUT2D eigenvalue weighted by Crippen LogP contribution is 2.23. The summed E-state index contributed by atoms with van der Waals surface area (Å²) in [7, 11) is 0. The average molecular weight is 284 g/mol. The first-order valence-electron chi connectivity index (χ1n) is 6.71. The van der Waals surface area contributed by atoms with Crippen molar-refractivity contribution in [2.45, 2.75) is 38.7 Å². The number of likely N-dealkylation sites (N-methyl/N-ethyl adjacent to an activating group) is 1. The lowest BCUT2D eigenvalue weighted by Crippen LogP contribution is -2.31. The fourth-order valence-electron chi connectivity index (χ4n) is 2.17. The number of aliphatic carboxylic acids is 1. The van der Waals surface area contributed by atoms with Crippen LogP contribution in [-0.4, -0.2) is 41.9 Å². The number of aryl methyl sites for hydroxylation is 1. The van der Waals surface area contributed by atoms with Gasteiger partial charge in [0.25, 0.3) is 0 Å². The number of nitrogens with zero attached hydrogens (tertiary/aromatic N) is 2. The minimum Gasteiger partial charge on any atom is -0.481 e. The van der Waals surface area contributed by atoms with Gasteiger partial charge in [0, 0.05) is 31.5 Å². The van der Waals surface area contributed by atoms with Crippen LogP contribution in [0.15, 0.2) is 5.38 Å². The first-order valence-corrected chi connectivity index (χ1v) is 7.59. The van der Waals surface area contributed by atoms with Crippen LogP contribution in [0.2, 0.25) is 0 Å². The number of thiazole rings is 1. The quantitative estimate of drug-likeness (QED) is 0.831. The van der Waals surface area contributed by atoms with E-state index in [0.717, 1.165) is 43.4 Å². The molecule has 106 valence electrons. The fraction of sp³-hybridized carbons (Fsp3) is 0.692. The number of carboxylic acids is 1. The summed E-state index contributed by atoms with van der Waals surface area (Å²) in [5.41, 5.74) is 0.869. The molecule has 0 amide bonds. The molecule has 1 atom stereocenters. The van der Waals surface area contributed by atoms with Gasteiger partial charge in [-0.05, 0) is 19.8 Å². The Balaban J connectivity index is 1.92. The van der Waals surface area contributed by atoms with Crippen molar-refractivity contribution in [3.05, 3.63) is 11.1 Å². The Hall–Kier alpha value is -1.14. The summed E-state index contributed by atoms with van der Waals surface area (Å²) in [4.78, 5) is 17.3. The van der Waals surface area contributed by atoms with Crippen molar-refractivity contribution in [3.8, 4) is 0 Å². The molecule has 1 N–H and O–H groups in total. The molecular formula is C13H20N2O3S. The Bertz CT molecular complexity index is 416. The molecule has 0 aliphatic carbocycles. The zero-order valence-corrected chi connectivity index (χ0v) is 12.0. The van der Waals surface area contributed by atoms with Crippen LogP contribution in [0, 0.1) is 0 Å². The van der Waals surface area contributed by atoms with Crippen molar-refractivity contribution in [1.82, 2.24) is 4.98 Å². The van der Waals surface area contributed by atoms with Crippen LogP contribution < -0.4 is 4.90 Å². The molecule has 1 unspecified atom stereocenters. The molecule has 0 spiro atoms. The molecule has 1 saturated heterocycles. The number of carboxylic acid groups (broad SMARTS) is 1. The second-order valence-corrected chi connectivity index (χ2v) is 5.53. The maximum absolute atomic E-state index is 10.5. The van der Waals surface area contributed by atoms with Crippen molar-refractivity contribution in [2.75, 3.05) is 24.6 Å². The van der Waals surface area contributed by atoms with Crippen LogP contribution in [-0.2, 0) is 16.0 Å². The van der Waals surface area contributed by atoms with E-state index in [1.165, 1.54) is 0 Å². The Kier molecular flexibility index (Phi) is 5.15. The summed E-state index contributed by atoms with van der Waals surface area (Å²) in [5.74, 6) is -0.777. The lowest BCUT2D eigenvalue weighted by Gasteiger charge is -2.23. The van der Waals surface area contributed by atoms with E-state index in [4.69, 9.17) is 9.84 Å². The van der Waals surface area contributed by atoms with Gasteiger partial charge in [0.1, 0.15) is 0 Å². The van der Waals surface area contributed by atoms with E-state index in [9.17, 15) is 4.79 Å². The molecule has 0 radical (unpaired) electrons. The minimum absolute atomic E-state index is 0.140. The Morgan fingerprint density at radius 2 is 2.53 bits per heavy atom. The summed E-state index contributed by atoms with van der Waals surface area (Å²) in [6.07, 6.45) is 3.22. The molecule has 1 fully saturated rings. The number of hydrogen-bond donors (Lipinski definition) is 1. The molecule has 1 aromatic rings. The Morgan fingerprint density at radius 3 is 3.16 bits per heavy atom. The van der Waals surface area contributed by atoms with Gasteiger partial charge in [0.15, 0.2) is 5.13 Å². The molecule has 6 heteroatoms. The number of ether oxygens (including phenoxy) is 1. The molecule has 0 bridgehead atoms. The van der Waals surface area contributed by atoms with E-state index in [-0.39, 0.29) is 6.42 Å². The monoisotopic (exact) mass is 284 g/mol. The van der Waals surface area contributed by atoms with Crippen LogP contribution in [0.1, 0.15) is 31.9 Å². The highest BCUT2D eigenvalue weighted by atomic mass is 32.1. The van der Waals surface area contributed by atoms with E-state index >= 15 is 0 Å². The molecule has 1 aliphatic rings. The normalized spacial score (nSPS) is 18.7. The Morgan fingerprint density at radius 1 is 1.68 bits per heavy atom. The molecule has 1 aliphatic heterocycles. The second-order valence-electron chi connectivity index (χ2n) is 4.69. The van der Waals surface area contributed by atoms with Gasteiger partial charge in [-0.25, -0.2) is 4.98 Å². The molecule has 19 heavy (non-hydrogen) atoms. The third-order valence-corrected chi connectivity index (χ3v) is 4.19. The van der Waals surface area contributed by atoms with E-state index in [1.807, 2.05) is 5.38 Å². The molecule has 2 heterocycles. The maximum atomic E-state index is 10.5. The molecule has 0 saturated carbocycles. The van der Waals surface area contributed by atoms with Gasteiger partial charge >= 0.3 is 5.97 Å². The molecular weight excluding hydrogens is 264 g/mol. The van der Waals surface area contributed by atoms with E-state index in [1.54, 1.807) is 11.3 Å². The van der Waals surface area contributed by atoms with Gasteiger partial charge < -0.3 is 14.7 Å². The topological polar surface area (TPSA) is 62.7 Å². The average Bonchev–Trinajstić information content (AvgIpc) is 3.04.